The Balaban J connectivity index is 1.07. The molecule has 0 radical (unpaired) electrons. The van der Waals surface area contributed by atoms with Crippen LogP contribution in [0, 0.1) is 23.7 Å². The molecule has 0 saturated heterocycles. The highest BCUT2D eigenvalue weighted by molar-refractivity contribution is 5.95. The predicted octanol–water partition coefficient (Wildman–Crippen LogP) is 19.6. The van der Waals surface area contributed by atoms with Gasteiger partial charge in [0.2, 0.25) is 0 Å². The molecule has 2 aliphatic rings. The summed E-state index contributed by atoms with van der Waals surface area (Å²) in [4.78, 5) is 33.5. The number of aromatic nitrogens is 4. The van der Waals surface area contributed by atoms with Crippen LogP contribution in [0.5, 0.6) is 0 Å². The largest absolute Gasteiger partial charge is 0.462 e. The molecule has 0 atom stereocenters. The second-order valence-electron chi connectivity index (χ2n) is 21.9. The van der Waals surface area contributed by atoms with Crippen molar-refractivity contribution in [1.29, 1.82) is 0 Å². The number of fused-ring (bicyclic) bond motifs is 8. The van der Waals surface area contributed by atoms with E-state index in [1.54, 1.807) is 19.1 Å². The summed E-state index contributed by atoms with van der Waals surface area (Å²) in [6.45, 7) is 8.90. The second kappa shape index (κ2) is 31.2. The molecule has 0 aliphatic carbocycles. The van der Waals surface area contributed by atoms with Crippen LogP contribution in [0.4, 0.5) is 5.69 Å². The van der Waals surface area contributed by atoms with E-state index in [1.165, 1.54) is 134 Å². The minimum absolute atomic E-state index is 0.312. The monoisotopic (exact) mass is 1090 g/mol. The van der Waals surface area contributed by atoms with E-state index in [0.29, 0.717) is 29.1 Å². The molecule has 0 unspecified atom stereocenters. The summed E-state index contributed by atoms with van der Waals surface area (Å²) in [5.74, 6) is 13.8. The van der Waals surface area contributed by atoms with Crippen LogP contribution in [0.1, 0.15) is 205 Å². The molecule has 8 bridgehead atoms. The number of hydrogen-bond donors (Lipinski definition) is 2. The molecule has 82 heavy (non-hydrogen) atoms. The van der Waals surface area contributed by atoms with Gasteiger partial charge in [-0.25, -0.2) is 14.8 Å². The van der Waals surface area contributed by atoms with E-state index < -0.39 is 0 Å². The summed E-state index contributed by atoms with van der Waals surface area (Å²) in [5.41, 5.74) is 15.6. The number of anilines is 1. The SMILES string of the molecule is CCCCCCCCCCCCN(CCCCCCCCCCCC)c1ccc(C#Cc2c3ccc([nH]3)c(-c3ccccc3)c3nc(c(C#Cc4ccc(C(=O)OCC)cc4)c4nc(c(-c5ccccc5)c5ccc2[nH]5)C=C4)C=C3)cc1. The van der Waals surface area contributed by atoms with E-state index in [2.05, 4.69) is 162 Å². The Morgan fingerprint density at radius 1 is 0.415 bits per heavy atom. The highest BCUT2D eigenvalue weighted by Gasteiger charge is 2.18. The zero-order valence-corrected chi connectivity index (χ0v) is 48.9. The van der Waals surface area contributed by atoms with Crippen molar-refractivity contribution in [2.24, 2.45) is 0 Å². The molecule has 420 valence electrons. The van der Waals surface area contributed by atoms with Gasteiger partial charge in [-0.2, -0.15) is 0 Å². The van der Waals surface area contributed by atoms with Crippen LogP contribution in [0.2, 0.25) is 0 Å². The fourth-order valence-corrected chi connectivity index (χ4v) is 11.2. The standard InChI is InChI=1S/C75H83N5O2/c1-4-7-9-11-13-15-17-19-21-29-55-80(56-30-22-20-18-16-14-12-10-8-5-2)62-43-37-58(38-44-62)40-46-64-67-49-53-71(78-67)73(59-31-25-23-26-32-59)69-51-47-65(76-69)63(45-39-57-35-41-61(42-36-57)75(81)82-6-3)66-48-52-70(77-66)74(60-33-27-24-28-34-60)72-54-50-68(64)79-72/h23-28,31-38,41-44,47-54,78-79H,4-22,29-30,55-56H2,1-3H3. The molecule has 7 heteroatoms. The molecule has 3 aromatic heterocycles. The first-order valence-electron chi connectivity index (χ1n) is 30.9. The summed E-state index contributed by atoms with van der Waals surface area (Å²) in [5, 5.41) is 0. The Labute approximate surface area is 488 Å². The van der Waals surface area contributed by atoms with Gasteiger partial charge in [0.25, 0.3) is 0 Å². The molecule has 0 fully saturated rings. The van der Waals surface area contributed by atoms with Gasteiger partial charge in [-0.3, -0.25) is 0 Å². The van der Waals surface area contributed by atoms with E-state index in [1.807, 2.05) is 36.4 Å². The van der Waals surface area contributed by atoms with E-state index in [-0.39, 0.29) is 5.97 Å². The lowest BCUT2D eigenvalue weighted by Gasteiger charge is -2.25. The van der Waals surface area contributed by atoms with Gasteiger partial charge in [0.15, 0.2) is 0 Å². The Kier molecular flexibility index (Phi) is 22.3. The maximum atomic E-state index is 12.5. The quantitative estimate of drug-likeness (QED) is 0.0304. The van der Waals surface area contributed by atoms with Gasteiger partial charge < -0.3 is 19.6 Å². The van der Waals surface area contributed by atoms with Gasteiger partial charge in [-0.1, -0.05) is 214 Å². The normalized spacial score (nSPS) is 11.5. The van der Waals surface area contributed by atoms with Crippen LogP contribution in [0.25, 0.3) is 68.6 Å². The summed E-state index contributed by atoms with van der Waals surface area (Å²) in [6, 6.07) is 45.6. The number of nitrogens with zero attached hydrogens (tertiary/aromatic N) is 3. The van der Waals surface area contributed by atoms with Crippen molar-refractivity contribution < 1.29 is 9.53 Å². The first-order valence-corrected chi connectivity index (χ1v) is 30.9. The lowest BCUT2D eigenvalue weighted by molar-refractivity contribution is 0.0526. The lowest BCUT2D eigenvalue weighted by atomic mass is 10.0. The van der Waals surface area contributed by atoms with Crippen molar-refractivity contribution in [2.45, 2.75) is 149 Å². The van der Waals surface area contributed by atoms with Gasteiger partial charge in [0.1, 0.15) is 0 Å². The number of carbonyl (C=O) groups excluding carboxylic acids is 1. The zero-order valence-electron chi connectivity index (χ0n) is 48.9. The van der Waals surface area contributed by atoms with Crippen molar-refractivity contribution in [3.8, 4) is 45.9 Å². The third-order valence-corrected chi connectivity index (χ3v) is 15.7. The van der Waals surface area contributed by atoms with Gasteiger partial charge >= 0.3 is 5.97 Å². The van der Waals surface area contributed by atoms with Crippen LogP contribution in [0.3, 0.4) is 0 Å². The molecule has 5 heterocycles. The fourth-order valence-electron chi connectivity index (χ4n) is 11.2. The van der Waals surface area contributed by atoms with Gasteiger partial charge in [0.05, 0.1) is 57.1 Å². The van der Waals surface area contributed by atoms with Crippen molar-refractivity contribution in [3.05, 3.63) is 184 Å². The Bertz CT molecular complexity index is 3380. The van der Waals surface area contributed by atoms with Crippen molar-refractivity contribution in [2.75, 3.05) is 24.6 Å². The average Bonchev–Trinajstić information content (AvgIpc) is 4.49. The lowest BCUT2D eigenvalue weighted by Crippen LogP contribution is -2.25. The molecule has 7 aromatic rings. The molecule has 7 nitrogen and oxygen atoms in total. The molecule has 0 spiro atoms. The maximum Gasteiger partial charge on any atom is 0.338 e. The number of hydrogen-bond acceptors (Lipinski definition) is 5. The van der Waals surface area contributed by atoms with Crippen LogP contribution in [0.15, 0.2) is 133 Å². The first-order chi connectivity index (χ1) is 40.5. The summed E-state index contributed by atoms with van der Waals surface area (Å²) in [7, 11) is 0. The highest BCUT2D eigenvalue weighted by atomic mass is 16.5. The minimum atomic E-state index is -0.358. The van der Waals surface area contributed by atoms with Crippen molar-refractivity contribution in [3.63, 3.8) is 0 Å². The Morgan fingerprint density at radius 3 is 1.24 bits per heavy atom. The van der Waals surface area contributed by atoms with Crippen LogP contribution in [-0.4, -0.2) is 45.6 Å². The number of unbranched alkanes of at least 4 members (excludes halogenated alkanes) is 18. The number of benzene rings is 4. The summed E-state index contributed by atoms with van der Waals surface area (Å²) >= 11 is 0. The number of H-pyrrole nitrogens is 2. The van der Waals surface area contributed by atoms with Crippen molar-refractivity contribution >= 4 is 58.0 Å². The van der Waals surface area contributed by atoms with Gasteiger partial charge in [-0.05, 0) is 128 Å². The number of ether oxygens (including phenoxy) is 1. The third kappa shape index (κ3) is 16.3. The summed E-state index contributed by atoms with van der Waals surface area (Å²) in [6.07, 6.45) is 35.1. The molecule has 0 amide bonds. The number of nitrogens with one attached hydrogen (secondary N) is 2. The Morgan fingerprint density at radius 2 is 0.805 bits per heavy atom. The first kappa shape index (κ1) is 58.5. The molecule has 2 N–H and O–H groups in total. The van der Waals surface area contributed by atoms with Crippen LogP contribution < -0.4 is 4.90 Å². The van der Waals surface area contributed by atoms with Gasteiger partial charge in [0, 0.05) is 52.1 Å². The minimum Gasteiger partial charge on any atom is -0.462 e. The van der Waals surface area contributed by atoms with Crippen molar-refractivity contribution in [1.82, 2.24) is 19.9 Å². The zero-order chi connectivity index (χ0) is 56.6. The molecular formula is C75H83N5O2. The Hall–Kier alpha value is -8.13. The molecule has 0 saturated carbocycles. The van der Waals surface area contributed by atoms with E-state index in [0.717, 1.165) is 85.5 Å². The number of aromatic amines is 2. The highest BCUT2D eigenvalue weighted by Crippen LogP contribution is 2.34. The van der Waals surface area contributed by atoms with Crippen LogP contribution >= 0.6 is 0 Å². The maximum absolute atomic E-state index is 12.5. The number of esters is 1. The molecule has 9 rings (SSSR count). The van der Waals surface area contributed by atoms with Gasteiger partial charge in [-0.15, -0.1) is 0 Å². The smallest absolute Gasteiger partial charge is 0.338 e. The second-order valence-corrected chi connectivity index (χ2v) is 21.9. The predicted molar refractivity (Wildman–Crippen MR) is 346 cm³/mol. The fraction of sp³-hybridized carbons (Fsp3) is 0.347. The van der Waals surface area contributed by atoms with E-state index in [9.17, 15) is 4.79 Å². The van der Waals surface area contributed by atoms with E-state index >= 15 is 0 Å². The third-order valence-electron chi connectivity index (χ3n) is 15.7. The number of rotatable bonds is 27. The summed E-state index contributed by atoms with van der Waals surface area (Å²) < 4.78 is 5.23. The number of carbonyl (C=O) groups is 1. The molecule has 2 aliphatic heterocycles. The van der Waals surface area contributed by atoms with E-state index in [4.69, 9.17) is 14.7 Å². The average molecular weight is 1090 g/mol. The topological polar surface area (TPSA) is 86.9 Å². The molecular weight excluding hydrogens is 1000 g/mol. The molecule has 4 aromatic carbocycles. The van der Waals surface area contributed by atoms with Crippen LogP contribution in [-0.2, 0) is 4.74 Å².